The van der Waals surface area contributed by atoms with E-state index < -0.39 is 29.9 Å². The molecule has 2 unspecified atom stereocenters. The average molecular weight is 403 g/mol. The Kier molecular flexibility index (Phi) is 6.46. The highest BCUT2D eigenvalue weighted by atomic mass is 19.4. The zero-order valence-electron chi connectivity index (χ0n) is 16.2. The molecule has 0 aliphatic carbocycles. The number of hydrogen-bond acceptors (Lipinski definition) is 5. The van der Waals surface area contributed by atoms with Crippen molar-refractivity contribution in [3.05, 3.63) is 29.8 Å². The Labute approximate surface area is 161 Å². The van der Waals surface area contributed by atoms with E-state index in [1.54, 1.807) is 20.8 Å². The van der Waals surface area contributed by atoms with Gasteiger partial charge in [0.05, 0.1) is 13.0 Å². The van der Waals surface area contributed by atoms with E-state index in [4.69, 9.17) is 9.47 Å². The monoisotopic (exact) mass is 403 g/mol. The first-order valence-corrected chi connectivity index (χ1v) is 8.79. The second-order valence-corrected chi connectivity index (χ2v) is 7.65. The Balaban J connectivity index is 2.19. The number of ether oxygens (including phenoxy) is 3. The summed E-state index contributed by atoms with van der Waals surface area (Å²) >= 11 is 0. The second kappa shape index (κ2) is 8.28. The van der Waals surface area contributed by atoms with Gasteiger partial charge in [0.2, 0.25) is 0 Å². The third-order valence-corrected chi connectivity index (χ3v) is 4.22. The molecule has 1 fully saturated rings. The summed E-state index contributed by atoms with van der Waals surface area (Å²) in [5.74, 6) is -1.59. The van der Waals surface area contributed by atoms with E-state index in [-0.39, 0.29) is 24.8 Å². The first-order chi connectivity index (χ1) is 12.9. The van der Waals surface area contributed by atoms with Crippen molar-refractivity contribution in [2.45, 2.75) is 45.1 Å². The Morgan fingerprint density at radius 1 is 1.07 bits per heavy atom. The zero-order chi connectivity index (χ0) is 21.1. The summed E-state index contributed by atoms with van der Waals surface area (Å²) in [6, 6.07) is 5.42. The van der Waals surface area contributed by atoms with Crippen molar-refractivity contribution >= 4 is 12.1 Å². The van der Waals surface area contributed by atoms with Crippen LogP contribution in [0, 0.1) is 5.92 Å². The molecule has 9 heteroatoms. The van der Waals surface area contributed by atoms with E-state index in [2.05, 4.69) is 4.74 Å². The Hall–Kier alpha value is -2.45. The molecule has 1 amide bonds. The lowest BCUT2D eigenvalue weighted by Crippen LogP contribution is -2.47. The maximum absolute atomic E-state index is 12.5. The van der Waals surface area contributed by atoms with Crippen LogP contribution in [0.3, 0.4) is 0 Å². The van der Waals surface area contributed by atoms with Crippen molar-refractivity contribution in [2.75, 3.05) is 20.2 Å². The highest BCUT2D eigenvalue weighted by Gasteiger charge is 2.37. The van der Waals surface area contributed by atoms with Crippen LogP contribution in [0.25, 0.3) is 0 Å². The number of hydrogen-bond donors (Lipinski definition) is 0. The SMILES string of the molecule is COC(=O)C1CC(c2ccc(OC(F)(F)F)cc2)CN(C(=O)OC(C)(C)C)C1. The third kappa shape index (κ3) is 6.31. The van der Waals surface area contributed by atoms with Gasteiger partial charge in [-0.25, -0.2) is 4.79 Å². The van der Waals surface area contributed by atoms with Gasteiger partial charge in [0.15, 0.2) is 0 Å². The summed E-state index contributed by atoms with van der Waals surface area (Å²) in [4.78, 5) is 26.0. The fourth-order valence-corrected chi connectivity index (χ4v) is 3.10. The van der Waals surface area contributed by atoms with E-state index in [0.29, 0.717) is 12.0 Å². The summed E-state index contributed by atoms with van der Waals surface area (Å²) in [6.07, 6.45) is -4.91. The maximum atomic E-state index is 12.5. The minimum absolute atomic E-state index is 0.160. The van der Waals surface area contributed by atoms with Gasteiger partial charge in [0.25, 0.3) is 0 Å². The quantitative estimate of drug-likeness (QED) is 0.711. The van der Waals surface area contributed by atoms with Gasteiger partial charge in [-0.05, 0) is 44.9 Å². The summed E-state index contributed by atoms with van der Waals surface area (Å²) in [7, 11) is 1.27. The summed E-state index contributed by atoms with van der Waals surface area (Å²) < 4.78 is 51.0. The number of amides is 1. The van der Waals surface area contributed by atoms with Gasteiger partial charge < -0.3 is 19.1 Å². The molecule has 6 nitrogen and oxygen atoms in total. The summed E-state index contributed by atoms with van der Waals surface area (Å²) in [5, 5.41) is 0. The van der Waals surface area contributed by atoms with Gasteiger partial charge in [-0.2, -0.15) is 0 Å². The van der Waals surface area contributed by atoms with Crippen LogP contribution in [-0.2, 0) is 14.3 Å². The van der Waals surface area contributed by atoms with Gasteiger partial charge in [-0.3, -0.25) is 4.79 Å². The van der Waals surface area contributed by atoms with Crippen molar-refractivity contribution in [3.8, 4) is 5.75 Å². The molecule has 0 N–H and O–H groups in total. The maximum Gasteiger partial charge on any atom is 0.573 e. The molecule has 28 heavy (non-hydrogen) atoms. The van der Waals surface area contributed by atoms with Gasteiger partial charge in [-0.15, -0.1) is 13.2 Å². The molecule has 0 bridgehead atoms. The van der Waals surface area contributed by atoms with Crippen molar-refractivity contribution in [1.29, 1.82) is 0 Å². The molecular formula is C19H24F3NO5. The number of benzene rings is 1. The summed E-state index contributed by atoms with van der Waals surface area (Å²) in [6.45, 7) is 5.66. The molecule has 2 rings (SSSR count). The Morgan fingerprint density at radius 3 is 2.18 bits per heavy atom. The fourth-order valence-electron chi connectivity index (χ4n) is 3.10. The molecule has 0 aromatic heterocycles. The van der Waals surface area contributed by atoms with Crippen LogP contribution in [0.5, 0.6) is 5.75 Å². The number of esters is 1. The predicted octanol–water partition coefficient (Wildman–Crippen LogP) is 4.10. The predicted molar refractivity (Wildman–Crippen MR) is 93.8 cm³/mol. The largest absolute Gasteiger partial charge is 0.573 e. The van der Waals surface area contributed by atoms with Crippen LogP contribution in [0.15, 0.2) is 24.3 Å². The van der Waals surface area contributed by atoms with E-state index in [1.165, 1.54) is 36.3 Å². The Morgan fingerprint density at radius 2 is 1.68 bits per heavy atom. The van der Waals surface area contributed by atoms with Gasteiger partial charge >= 0.3 is 18.4 Å². The summed E-state index contributed by atoms with van der Waals surface area (Å²) in [5.41, 5.74) is -0.00171. The standard InChI is InChI=1S/C19H24F3NO5/c1-18(2,3)28-17(25)23-10-13(9-14(11-23)16(24)26-4)12-5-7-15(8-6-12)27-19(20,21)22/h5-8,13-14H,9-11H2,1-4H3. The van der Waals surface area contributed by atoms with Crippen molar-refractivity contribution in [1.82, 2.24) is 4.90 Å². The van der Waals surface area contributed by atoms with Gasteiger partial charge in [0.1, 0.15) is 11.4 Å². The van der Waals surface area contributed by atoms with Crippen LogP contribution < -0.4 is 4.74 Å². The van der Waals surface area contributed by atoms with E-state index in [0.717, 1.165) is 0 Å². The Bertz CT molecular complexity index is 697. The van der Waals surface area contributed by atoms with Gasteiger partial charge in [-0.1, -0.05) is 12.1 Å². The molecule has 1 aliphatic rings. The minimum atomic E-state index is -4.77. The molecule has 1 heterocycles. The number of likely N-dealkylation sites (tertiary alicyclic amines) is 1. The van der Waals surface area contributed by atoms with Crippen LogP contribution in [0.2, 0.25) is 0 Å². The number of piperidine rings is 1. The molecular weight excluding hydrogens is 379 g/mol. The molecule has 156 valence electrons. The molecule has 2 atom stereocenters. The highest BCUT2D eigenvalue weighted by molar-refractivity contribution is 5.75. The first-order valence-electron chi connectivity index (χ1n) is 8.79. The number of alkyl halides is 3. The molecule has 1 aliphatic heterocycles. The van der Waals surface area contributed by atoms with Gasteiger partial charge in [0, 0.05) is 19.0 Å². The highest BCUT2D eigenvalue weighted by Crippen LogP contribution is 2.33. The number of carbonyl (C=O) groups is 2. The number of halogens is 3. The number of rotatable bonds is 3. The zero-order valence-corrected chi connectivity index (χ0v) is 16.2. The molecule has 1 aromatic carbocycles. The fraction of sp³-hybridized carbons (Fsp3) is 0.579. The van der Waals surface area contributed by atoms with Crippen LogP contribution in [0.1, 0.15) is 38.7 Å². The third-order valence-electron chi connectivity index (χ3n) is 4.22. The van der Waals surface area contributed by atoms with E-state index in [1.807, 2.05) is 0 Å². The first kappa shape index (κ1) is 21.8. The topological polar surface area (TPSA) is 65.1 Å². The minimum Gasteiger partial charge on any atom is -0.469 e. The normalized spacial score (nSPS) is 20.5. The number of carbonyl (C=O) groups excluding carboxylic acids is 2. The van der Waals surface area contributed by atoms with Crippen LogP contribution >= 0.6 is 0 Å². The lowest BCUT2D eigenvalue weighted by molar-refractivity contribution is -0.274. The van der Waals surface area contributed by atoms with E-state index in [9.17, 15) is 22.8 Å². The molecule has 1 aromatic rings. The second-order valence-electron chi connectivity index (χ2n) is 7.65. The smallest absolute Gasteiger partial charge is 0.469 e. The van der Waals surface area contributed by atoms with Crippen LogP contribution in [0.4, 0.5) is 18.0 Å². The molecule has 0 radical (unpaired) electrons. The number of methoxy groups -OCH3 is 1. The van der Waals surface area contributed by atoms with Crippen molar-refractivity contribution < 1.29 is 37.0 Å². The number of nitrogens with zero attached hydrogens (tertiary/aromatic N) is 1. The lowest BCUT2D eigenvalue weighted by atomic mass is 9.84. The van der Waals surface area contributed by atoms with Crippen LogP contribution in [-0.4, -0.2) is 49.1 Å². The van der Waals surface area contributed by atoms with Crippen molar-refractivity contribution in [2.24, 2.45) is 5.92 Å². The lowest BCUT2D eigenvalue weighted by Gasteiger charge is -2.37. The van der Waals surface area contributed by atoms with E-state index >= 15 is 0 Å². The van der Waals surface area contributed by atoms with Crippen molar-refractivity contribution in [3.63, 3.8) is 0 Å². The average Bonchev–Trinajstić information content (AvgIpc) is 2.58. The molecule has 1 saturated heterocycles. The molecule has 0 spiro atoms. The molecule has 0 saturated carbocycles.